The molecule has 0 aromatic heterocycles. The molecule has 0 aliphatic carbocycles. The fourth-order valence-electron chi connectivity index (χ4n) is 1.14. The molecule has 0 amide bonds. The second-order valence-corrected chi connectivity index (χ2v) is 2.58. The summed E-state index contributed by atoms with van der Waals surface area (Å²) in [6.45, 7) is 0. The molecule has 0 fully saturated rings. The van der Waals surface area contributed by atoms with Crippen molar-refractivity contribution in [1.82, 2.24) is 0 Å². The lowest BCUT2D eigenvalue weighted by molar-refractivity contribution is 0.377. The van der Waals surface area contributed by atoms with Crippen LogP contribution >= 0.6 is 0 Å². The van der Waals surface area contributed by atoms with Crippen molar-refractivity contribution in [2.24, 2.45) is 4.99 Å². The van der Waals surface area contributed by atoms with Gasteiger partial charge in [-0.2, -0.15) is 4.99 Å². The molecule has 0 spiro atoms. The van der Waals surface area contributed by atoms with E-state index in [0.29, 0.717) is 22.9 Å². The third-order valence-corrected chi connectivity index (χ3v) is 1.85. The summed E-state index contributed by atoms with van der Waals surface area (Å²) < 4.78 is 15.1. The molecule has 0 radical (unpaired) electrons. The Labute approximate surface area is 87.3 Å². The Morgan fingerprint density at radius 3 is 1.93 bits per heavy atom. The molecule has 80 valence electrons. The maximum atomic E-state index is 10.2. The maximum absolute atomic E-state index is 10.2. The van der Waals surface area contributed by atoms with E-state index in [2.05, 4.69) is 4.99 Å². The second-order valence-electron chi connectivity index (χ2n) is 2.58. The van der Waals surface area contributed by atoms with Crippen LogP contribution in [0.15, 0.2) is 17.1 Å². The van der Waals surface area contributed by atoms with Crippen LogP contribution in [0.4, 0.5) is 5.69 Å². The van der Waals surface area contributed by atoms with Crippen molar-refractivity contribution in [2.45, 2.75) is 0 Å². The second kappa shape index (κ2) is 5.02. The van der Waals surface area contributed by atoms with Gasteiger partial charge in [0.15, 0.2) is 17.2 Å². The third-order valence-electron chi connectivity index (χ3n) is 1.85. The first-order valence-electron chi connectivity index (χ1n) is 4.14. The van der Waals surface area contributed by atoms with Gasteiger partial charge in [0.2, 0.25) is 6.08 Å². The first-order valence-corrected chi connectivity index (χ1v) is 4.14. The molecule has 0 N–H and O–H groups in total. The molecular weight excluding hydrogens is 198 g/mol. The number of hydrogen-bond donors (Lipinski definition) is 0. The summed E-state index contributed by atoms with van der Waals surface area (Å²) >= 11 is 0. The Kier molecular flexibility index (Phi) is 3.71. The van der Waals surface area contributed by atoms with Gasteiger partial charge in [0, 0.05) is 12.1 Å². The van der Waals surface area contributed by atoms with Crippen molar-refractivity contribution in [1.29, 1.82) is 0 Å². The van der Waals surface area contributed by atoms with E-state index in [-0.39, 0.29) is 0 Å². The highest BCUT2D eigenvalue weighted by Gasteiger charge is 2.12. The van der Waals surface area contributed by atoms with Crippen LogP contribution in [0.5, 0.6) is 17.2 Å². The van der Waals surface area contributed by atoms with Crippen molar-refractivity contribution >= 4 is 11.8 Å². The van der Waals surface area contributed by atoms with Crippen LogP contribution in [0, 0.1) is 0 Å². The van der Waals surface area contributed by atoms with Gasteiger partial charge < -0.3 is 14.2 Å². The van der Waals surface area contributed by atoms with E-state index in [1.807, 2.05) is 0 Å². The molecule has 15 heavy (non-hydrogen) atoms. The quantitative estimate of drug-likeness (QED) is 0.559. The standard InChI is InChI=1S/C10H11NO4/c1-13-7-4-8(14-2)10(11-6-12)9(5-7)15-3/h4-5H,1-3H3. The van der Waals surface area contributed by atoms with Crippen LogP contribution in [-0.4, -0.2) is 27.4 Å². The Morgan fingerprint density at radius 2 is 1.60 bits per heavy atom. The molecule has 0 aliphatic rings. The van der Waals surface area contributed by atoms with Crippen LogP contribution < -0.4 is 14.2 Å². The number of hydrogen-bond acceptors (Lipinski definition) is 5. The zero-order valence-corrected chi connectivity index (χ0v) is 8.73. The van der Waals surface area contributed by atoms with Gasteiger partial charge in [-0.05, 0) is 0 Å². The van der Waals surface area contributed by atoms with Gasteiger partial charge in [-0.15, -0.1) is 0 Å². The van der Waals surface area contributed by atoms with Gasteiger partial charge in [-0.1, -0.05) is 0 Å². The third kappa shape index (κ3) is 2.27. The number of methoxy groups -OCH3 is 3. The van der Waals surface area contributed by atoms with E-state index >= 15 is 0 Å². The molecule has 0 heterocycles. The monoisotopic (exact) mass is 209 g/mol. The van der Waals surface area contributed by atoms with Crippen LogP contribution in [0.2, 0.25) is 0 Å². The van der Waals surface area contributed by atoms with Crippen molar-refractivity contribution in [3.63, 3.8) is 0 Å². The predicted octanol–water partition coefficient (Wildman–Crippen LogP) is 1.68. The van der Waals surface area contributed by atoms with E-state index in [1.165, 1.54) is 27.4 Å². The molecule has 1 aromatic carbocycles. The van der Waals surface area contributed by atoms with Crippen molar-refractivity contribution in [3.8, 4) is 17.2 Å². The van der Waals surface area contributed by atoms with E-state index in [1.54, 1.807) is 12.1 Å². The molecule has 0 unspecified atom stereocenters. The molecule has 1 rings (SSSR count). The topological polar surface area (TPSA) is 57.1 Å². The van der Waals surface area contributed by atoms with E-state index < -0.39 is 0 Å². The SMILES string of the molecule is COc1cc(OC)c(N=C=O)c(OC)c1. The number of aliphatic imine (C=N–C) groups is 1. The van der Waals surface area contributed by atoms with Crippen LogP contribution in [0.3, 0.4) is 0 Å². The van der Waals surface area contributed by atoms with Gasteiger partial charge in [0.05, 0.1) is 21.3 Å². The Balaban J connectivity index is 3.38. The lowest BCUT2D eigenvalue weighted by Gasteiger charge is -2.10. The van der Waals surface area contributed by atoms with Gasteiger partial charge in [0.25, 0.3) is 0 Å². The van der Waals surface area contributed by atoms with Gasteiger partial charge >= 0.3 is 0 Å². The fourth-order valence-corrected chi connectivity index (χ4v) is 1.14. The molecule has 0 atom stereocenters. The lowest BCUT2D eigenvalue weighted by atomic mass is 10.2. The molecule has 5 nitrogen and oxygen atoms in total. The molecular formula is C10H11NO4. The van der Waals surface area contributed by atoms with Crippen LogP contribution in [-0.2, 0) is 4.79 Å². The maximum Gasteiger partial charge on any atom is 0.240 e. The van der Waals surface area contributed by atoms with E-state index in [9.17, 15) is 4.79 Å². The highest BCUT2D eigenvalue weighted by atomic mass is 16.5. The molecule has 0 saturated carbocycles. The molecule has 0 aliphatic heterocycles. The molecule has 0 saturated heterocycles. The highest BCUT2D eigenvalue weighted by Crippen LogP contribution is 2.40. The Hall–Kier alpha value is -2.00. The first-order chi connectivity index (χ1) is 7.26. The minimum atomic E-state index is 0.302. The molecule has 5 heteroatoms. The minimum Gasteiger partial charge on any atom is -0.496 e. The summed E-state index contributed by atoms with van der Waals surface area (Å²) in [5.74, 6) is 1.36. The number of rotatable bonds is 4. The normalized spacial score (nSPS) is 9.00. The number of benzene rings is 1. The minimum absolute atomic E-state index is 0.302. The zero-order valence-electron chi connectivity index (χ0n) is 8.73. The average Bonchev–Trinajstić information content (AvgIpc) is 2.29. The summed E-state index contributed by atoms with van der Waals surface area (Å²) in [4.78, 5) is 13.7. The summed E-state index contributed by atoms with van der Waals surface area (Å²) in [7, 11) is 4.47. The summed E-state index contributed by atoms with van der Waals surface area (Å²) in [5.41, 5.74) is 0.302. The van der Waals surface area contributed by atoms with Crippen molar-refractivity contribution in [3.05, 3.63) is 12.1 Å². The van der Waals surface area contributed by atoms with Gasteiger partial charge in [-0.3, -0.25) is 0 Å². The van der Waals surface area contributed by atoms with E-state index in [0.717, 1.165) is 0 Å². The summed E-state index contributed by atoms with van der Waals surface area (Å²) in [6.07, 6.45) is 1.45. The van der Waals surface area contributed by atoms with Gasteiger partial charge in [0.1, 0.15) is 5.75 Å². The number of nitrogens with zero attached hydrogens (tertiary/aromatic N) is 1. The Morgan fingerprint density at radius 1 is 1.07 bits per heavy atom. The fraction of sp³-hybridized carbons (Fsp3) is 0.300. The smallest absolute Gasteiger partial charge is 0.240 e. The van der Waals surface area contributed by atoms with Crippen molar-refractivity contribution < 1.29 is 19.0 Å². The molecule has 0 bridgehead atoms. The predicted molar refractivity (Wildman–Crippen MR) is 53.9 cm³/mol. The number of ether oxygens (including phenoxy) is 3. The van der Waals surface area contributed by atoms with E-state index in [4.69, 9.17) is 14.2 Å². The Bertz CT molecular complexity index is 371. The lowest BCUT2D eigenvalue weighted by Crippen LogP contribution is -1.91. The highest BCUT2D eigenvalue weighted by molar-refractivity contribution is 5.68. The summed E-state index contributed by atoms with van der Waals surface area (Å²) in [5, 5.41) is 0. The number of isocyanates is 1. The average molecular weight is 209 g/mol. The summed E-state index contributed by atoms with van der Waals surface area (Å²) in [6, 6.07) is 3.22. The van der Waals surface area contributed by atoms with Crippen molar-refractivity contribution in [2.75, 3.05) is 21.3 Å². The zero-order chi connectivity index (χ0) is 11.3. The van der Waals surface area contributed by atoms with Crippen LogP contribution in [0.1, 0.15) is 0 Å². The van der Waals surface area contributed by atoms with Gasteiger partial charge in [-0.25, -0.2) is 4.79 Å². The van der Waals surface area contributed by atoms with Crippen LogP contribution in [0.25, 0.3) is 0 Å². The molecule has 1 aromatic rings. The number of carbonyl (C=O) groups excluding carboxylic acids is 1. The largest absolute Gasteiger partial charge is 0.496 e. The first kappa shape index (κ1) is 11.1.